The third-order valence-corrected chi connectivity index (χ3v) is 4.47. The molecule has 0 aliphatic heterocycles. The number of rotatable bonds is 7. The molecule has 0 radical (unpaired) electrons. The zero-order chi connectivity index (χ0) is 15.4. The molecule has 1 aromatic carbocycles. The number of aryl methyl sites for hydroxylation is 1. The van der Waals surface area contributed by atoms with Crippen LogP contribution in [-0.2, 0) is 4.74 Å². The maximum Gasteiger partial charge on any atom is 0.120 e. The van der Waals surface area contributed by atoms with Crippen molar-refractivity contribution in [1.82, 2.24) is 10.2 Å². The second-order valence-electron chi connectivity index (χ2n) is 6.17. The number of nitrogens with zero attached hydrogens (tertiary/aromatic N) is 1. The highest BCUT2D eigenvalue weighted by Crippen LogP contribution is 2.45. The van der Waals surface area contributed by atoms with Crippen molar-refractivity contribution in [2.45, 2.75) is 32.2 Å². The van der Waals surface area contributed by atoms with E-state index in [1.807, 2.05) is 12.1 Å². The molecule has 0 fully saturated rings. The van der Waals surface area contributed by atoms with E-state index in [0.29, 0.717) is 11.7 Å². The van der Waals surface area contributed by atoms with Crippen LogP contribution in [0.1, 0.15) is 42.0 Å². The molecule has 4 heteroatoms. The van der Waals surface area contributed by atoms with Gasteiger partial charge < -0.3 is 20.1 Å². The summed E-state index contributed by atoms with van der Waals surface area (Å²) in [5.41, 5.74) is 3.74. The Hall–Kier alpha value is -1.10. The monoisotopic (exact) mass is 292 g/mol. The molecular weight excluding hydrogens is 264 g/mol. The quantitative estimate of drug-likeness (QED) is 0.810. The van der Waals surface area contributed by atoms with Crippen LogP contribution in [0.4, 0.5) is 0 Å². The average Bonchev–Trinajstić information content (AvgIpc) is 2.79. The Labute approximate surface area is 128 Å². The van der Waals surface area contributed by atoms with Gasteiger partial charge in [0.1, 0.15) is 5.75 Å². The van der Waals surface area contributed by atoms with E-state index in [0.717, 1.165) is 38.2 Å². The van der Waals surface area contributed by atoms with Gasteiger partial charge in [0.25, 0.3) is 0 Å². The molecule has 0 aromatic heterocycles. The summed E-state index contributed by atoms with van der Waals surface area (Å²) in [5, 5.41) is 13.8. The van der Waals surface area contributed by atoms with Crippen molar-refractivity contribution in [2.24, 2.45) is 0 Å². The van der Waals surface area contributed by atoms with Gasteiger partial charge in [0.05, 0.1) is 6.61 Å². The molecule has 2 atom stereocenters. The van der Waals surface area contributed by atoms with E-state index in [2.05, 4.69) is 31.1 Å². The second-order valence-corrected chi connectivity index (χ2v) is 6.17. The van der Waals surface area contributed by atoms with E-state index in [1.165, 1.54) is 11.1 Å². The van der Waals surface area contributed by atoms with E-state index in [-0.39, 0.29) is 6.04 Å². The molecule has 2 unspecified atom stereocenters. The van der Waals surface area contributed by atoms with E-state index < -0.39 is 0 Å². The van der Waals surface area contributed by atoms with Crippen molar-refractivity contribution < 1.29 is 9.84 Å². The summed E-state index contributed by atoms with van der Waals surface area (Å²) in [6, 6.07) is 4.11. The minimum Gasteiger partial charge on any atom is -0.508 e. The zero-order valence-corrected chi connectivity index (χ0v) is 13.6. The van der Waals surface area contributed by atoms with Crippen molar-refractivity contribution in [3.8, 4) is 5.75 Å². The molecule has 0 heterocycles. The summed E-state index contributed by atoms with van der Waals surface area (Å²) in [6.45, 7) is 7.99. The number of likely N-dealkylation sites (N-methyl/N-ethyl adjacent to an activating group) is 1. The minimum atomic E-state index is 0.269. The van der Waals surface area contributed by atoms with Crippen LogP contribution in [0.2, 0.25) is 0 Å². The predicted octanol–water partition coefficient (Wildman–Crippen LogP) is 2.42. The third kappa shape index (κ3) is 3.76. The molecule has 2 N–H and O–H groups in total. The number of hydrogen-bond donors (Lipinski definition) is 2. The lowest BCUT2D eigenvalue weighted by Crippen LogP contribution is -2.32. The van der Waals surface area contributed by atoms with Gasteiger partial charge in [-0.1, -0.05) is 13.0 Å². The van der Waals surface area contributed by atoms with Crippen LogP contribution >= 0.6 is 0 Å². The fourth-order valence-electron chi connectivity index (χ4n) is 3.32. The standard InChI is InChI=1S/C17H28N2O2/c1-12-5-6-15(20)17-14(11-13(2)16(12)17)18-7-8-19(3)9-10-21-4/h5-6,13-14,18,20H,7-11H2,1-4H3. The number of aromatic hydroxyl groups is 1. The van der Waals surface area contributed by atoms with Gasteiger partial charge in [-0.2, -0.15) is 0 Å². The Morgan fingerprint density at radius 3 is 2.81 bits per heavy atom. The maximum atomic E-state index is 10.2. The van der Waals surface area contributed by atoms with Crippen LogP contribution in [0.5, 0.6) is 5.75 Å². The number of benzene rings is 1. The van der Waals surface area contributed by atoms with Crippen LogP contribution in [0, 0.1) is 6.92 Å². The van der Waals surface area contributed by atoms with Gasteiger partial charge in [-0.25, -0.2) is 0 Å². The fraction of sp³-hybridized carbons (Fsp3) is 0.647. The molecular formula is C17H28N2O2. The van der Waals surface area contributed by atoms with Crippen LogP contribution in [0.3, 0.4) is 0 Å². The molecule has 21 heavy (non-hydrogen) atoms. The summed E-state index contributed by atoms with van der Waals surface area (Å²) in [6.07, 6.45) is 1.07. The highest BCUT2D eigenvalue weighted by molar-refractivity contribution is 5.50. The Kier molecular flexibility index (Phi) is 5.62. The Morgan fingerprint density at radius 2 is 2.10 bits per heavy atom. The number of phenols is 1. The third-order valence-electron chi connectivity index (χ3n) is 4.47. The fourth-order valence-corrected chi connectivity index (χ4v) is 3.32. The molecule has 1 aromatic rings. The molecule has 0 saturated carbocycles. The van der Waals surface area contributed by atoms with E-state index in [9.17, 15) is 5.11 Å². The Bertz CT molecular complexity index is 476. The van der Waals surface area contributed by atoms with Crippen molar-refractivity contribution in [3.63, 3.8) is 0 Å². The van der Waals surface area contributed by atoms with E-state index >= 15 is 0 Å². The molecule has 0 spiro atoms. The molecule has 0 bridgehead atoms. The number of hydrogen-bond acceptors (Lipinski definition) is 4. The topological polar surface area (TPSA) is 44.7 Å². The molecule has 4 nitrogen and oxygen atoms in total. The maximum absolute atomic E-state index is 10.2. The Morgan fingerprint density at radius 1 is 1.33 bits per heavy atom. The summed E-state index contributed by atoms with van der Waals surface area (Å²) in [7, 11) is 3.83. The molecule has 0 amide bonds. The van der Waals surface area contributed by atoms with Crippen molar-refractivity contribution in [1.29, 1.82) is 0 Å². The predicted molar refractivity (Wildman–Crippen MR) is 86.0 cm³/mol. The largest absolute Gasteiger partial charge is 0.508 e. The van der Waals surface area contributed by atoms with Crippen molar-refractivity contribution >= 4 is 0 Å². The average molecular weight is 292 g/mol. The van der Waals surface area contributed by atoms with Gasteiger partial charge in [-0.3, -0.25) is 0 Å². The summed E-state index contributed by atoms with van der Waals surface area (Å²) in [5.74, 6) is 0.945. The molecule has 118 valence electrons. The number of ether oxygens (including phenoxy) is 1. The SMILES string of the molecule is COCCN(C)CCNC1CC(C)c2c(C)ccc(O)c21. The van der Waals surface area contributed by atoms with E-state index in [1.54, 1.807) is 7.11 Å². The first kappa shape index (κ1) is 16.3. The van der Waals surface area contributed by atoms with E-state index in [4.69, 9.17) is 4.74 Å². The number of fused-ring (bicyclic) bond motifs is 1. The van der Waals surface area contributed by atoms with Gasteiger partial charge in [0.15, 0.2) is 0 Å². The summed E-state index contributed by atoms with van der Waals surface area (Å²) >= 11 is 0. The lowest BCUT2D eigenvalue weighted by atomic mass is 9.97. The highest BCUT2D eigenvalue weighted by Gasteiger charge is 2.31. The van der Waals surface area contributed by atoms with Gasteiger partial charge in [0.2, 0.25) is 0 Å². The summed E-state index contributed by atoms with van der Waals surface area (Å²) in [4.78, 5) is 2.26. The Balaban J connectivity index is 1.94. The smallest absolute Gasteiger partial charge is 0.120 e. The van der Waals surface area contributed by atoms with Crippen LogP contribution < -0.4 is 5.32 Å². The van der Waals surface area contributed by atoms with Gasteiger partial charge in [-0.05, 0) is 43.5 Å². The van der Waals surface area contributed by atoms with Gasteiger partial charge in [-0.15, -0.1) is 0 Å². The number of methoxy groups -OCH3 is 1. The highest BCUT2D eigenvalue weighted by atomic mass is 16.5. The minimum absolute atomic E-state index is 0.269. The van der Waals surface area contributed by atoms with Crippen molar-refractivity contribution in [3.05, 3.63) is 28.8 Å². The molecule has 0 saturated heterocycles. The zero-order valence-electron chi connectivity index (χ0n) is 13.6. The molecule has 1 aliphatic carbocycles. The van der Waals surface area contributed by atoms with Gasteiger partial charge >= 0.3 is 0 Å². The lowest BCUT2D eigenvalue weighted by Gasteiger charge is -2.20. The van der Waals surface area contributed by atoms with Crippen LogP contribution in [0.15, 0.2) is 12.1 Å². The van der Waals surface area contributed by atoms with Crippen LogP contribution in [0.25, 0.3) is 0 Å². The first-order valence-corrected chi connectivity index (χ1v) is 7.77. The molecule has 1 aliphatic rings. The number of nitrogens with one attached hydrogen (secondary N) is 1. The van der Waals surface area contributed by atoms with Crippen LogP contribution in [-0.4, -0.2) is 50.4 Å². The van der Waals surface area contributed by atoms with Gasteiger partial charge in [0, 0.05) is 38.3 Å². The second kappa shape index (κ2) is 7.25. The first-order chi connectivity index (χ1) is 10.0. The lowest BCUT2D eigenvalue weighted by molar-refractivity contribution is 0.161. The molecule has 2 rings (SSSR count). The number of phenolic OH excluding ortho intramolecular Hbond substituents is 1. The normalized spacial score (nSPS) is 21.0. The first-order valence-electron chi connectivity index (χ1n) is 7.77. The van der Waals surface area contributed by atoms with Crippen molar-refractivity contribution in [2.75, 3.05) is 40.4 Å². The summed E-state index contributed by atoms with van der Waals surface area (Å²) < 4.78 is 5.09.